The molecule has 0 saturated carbocycles. The minimum absolute atomic E-state index is 0.362. The van der Waals surface area contributed by atoms with Gasteiger partial charge >= 0.3 is 6.01 Å². The Bertz CT molecular complexity index is 411. The molecule has 0 aromatic carbocycles. The van der Waals surface area contributed by atoms with Gasteiger partial charge in [0.05, 0.1) is 7.11 Å². The van der Waals surface area contributed by atoms with Crippen LogP contribution < -0.4 is 15.0 Å². The maximum absolute atomic E-state index is 5.15. The highest BCUT2D eigenvalue weighted by Gasteiger charge is 2.23. The van der Waals surface area contributed by atoms with Gasteiger partial charge in [-0.15, -0.1) is 0 Å². The molecule has 1 aliphatic rings. The summed E-state index contributed by atoms with van der Waals surface area (Å²) >= 11 is 1.97. The molecule has 1 saturated heterocycles. The maximum atomic E-state index is 5.15. The minimum Gasteiger partial charge on any atom is -0.467 e. The molecule has 0 radical (unpaired) electrons. The Morgan fingerprint density at radius 2 is 2.26 bits per heavy atom. The van der Waals surface area contributed by atoms with E-state index in [0.29, 0.717) is 23.9 Å². The molecule has 7 heteroatoms. The van der Waals surface area contributed by atoms with Gasteiger partial charge in [-0.05, 0) is 18.6 Å². The fourth-order valence-corrected chi connectivity index (χ4v) is 3.17. The SMILES string of the molecule is CCCNc1nc(OC)nc(N(C)C2CCSC2)n1. The number of methoxy groups -OCH3 is 1. The molecule has 1 aromatic rings. The average Bonchev–Trinajstić information content (AvgIpc) is 2.98. The summed E-state index contributed by atoms with van der Waals surface area (Å²) in [4.78, 5) is 15.1. The van der Waals surface area contributed by atoms with Crippen molar-refractivity contribution in [1.29, 1.82) is 0 Å². The van der Waals surface area contributed by atoms with Crippen molar-refractivity contribution in [3.63, 3.8) is 0 Å². The number of thioether (sulfide) groups is 1. The highest BCUT2D eigenvalue weighted by atomic mass is 32.2. The smallest absolute Gasteiger partial charge is 0.322 e. The summed E-state index contributed by atoms with van der Waals surface area (Å²) in [6.07, 6.45) is 2.20. The summed E-state index contributed by atoms with van der Waals surface area (Å²) < 4.78 is 5.15. The third-order valence-electron chi connectivity index (χ3n) is 3.09. The van der Waals surface area contributed by atoms with Crippen LogP contribution in [-0.4, -0.2) is 53.2 Å². The molecule has 1 fully saturated rings. The summed E-state index contributed by atoms with van der Waals surface area (Å²) in [7, 11) is 3.61. The van der Waals surface area contributed by atoms with Gasteiger partial charge in [-0.3, -0.25) is 0 Å². The molecule has 19 heavy (non-hydrogen) atoms. The number of rotatable bonds is 6. The van der Waals surface area contributed by atoms with Crippen molar-refractivity contribution in [3.8, 4) is 6.01 Å². The van der Waals surface area contributed by atoms with E-state index in [4.69, 9.17) is 4.74 Å². The highest BCUT2D eigenvalue weighted by molar-refractivity contribution is 7.99. The number of nitrogens with one attached hydrogen (secondary N) is 1. The zero-order chi connectivity index (χ0) is 13.7. The number of anilines is 2. The van der Waals surface area contributed by atoms with Gasteiger partial charge < -0.3 is 15.0 Å². The summed E-state index contributed by atoms with van der Waals surface area (Å²) in [5.41, 5.74) is 0. The van der Waals surface area contributed by atoms with Gasteiger partial charge in [0.2, 0.25) is 11.9 Å². The Labute approximate surface area is 118 Å². The van der Waals surface area contributed by atoms with E-state index in [9.17, 15) is 0 Å². The molecular weight excluding hydrogens is 262 g/mol. The largest absolute Gasteiger partial charge is 0.467 e. The van der Waals surface area contributed by atoms with E-state index in [2.05, 4.69) is 32.1 Å². The lowest BCUT2D eigenvalue weighted by molar-refractivity contribution is 0.378. The van der Waals surface area contributed by atoms with Crippen molar-refractivity contribution in [2.24, 2.45) is 0 Å². The van der Waals surface area contributed by atoms with Crippen molar-refractivity contribution in [2.45, 2.75) is 25.8 Å². The number of hydrogen-bond donors (Lipinski definition) is 1. The van der Waals surface area contributed by atoms with Crippen LogP contribution in [0.2, 0.25) is 0 Å². The summed E-state index contributed by atoms with van der Waals surface area (Å²) in [6.45, 7) is 2.95. The first-order valence-electron chi connectivity index (χ1n) is 6.59. The first kappa shape index (κ1) is 14.2. The Kier molecular flexibility index (Phi) is 5.07. The molecule has 1 aliphatic heterocycles. The third kappa shape index (κ3) is 3.62. The van der Waals surface area contributed by atoms with Crippen LogP contribution in [0.5, 0.6) is 6.01 Å². The van der Waals surface area contributed by atoms with E-state index in [0.717, 1.165) is 18.7 Å². The van der Waals surface area contributed by atoms with E-state index < -0.39 is 0 Å². The molecule has 2 heterocycles. The summed E-state index contributed by atoms with van der Waals surface area (Å²) in [5, 5.41) is 3.18. The van der Waals surface area contributed by atoms with Crippen LogP contribution in [0.3, 0.4) is 0 Å². The van der Waals surface area contributed by atoms with Gasteiger partial charge in [-0.1, -0.05) is 6.92 Å². The lowest BCUT2D eigenvalue weighted by Gasteiger charge is -2.24. The van der Waals surface area contributed by atoms with Gasteiger partial charge in [-0.2, -0.15) is 26.7 Å². The number of hydrogen-bond acceptors (Lipinski definition) is 7. The fourth-order valence-electron chi connectivity index (χ4n) is 1.90. The zero-order valence-corrected chi connectivity index (χ0v) is 12.5. The van der Waals surface area contributed by atoms with Crippen molar-refractivity contribution < 1.29 is 4.74 Å². The summed E-state index contributed by atoms with van der Waals surface area (Å²) in [6, 6.07) is 0.859. The molecule has 6 nitrogen and oxygen atoms in total. The monoisotopic (exact) mass is 283 g/mol. The maximum Gasteiger partial charge on any atom is 0.322 e. The zero-order valence-electron chi connectivity index (χ0n) is 11.7. The van der Waals surface area contributed by atoms with Gasteiger partial charge in [0.15, 0.2) is 0 Å². The van der Waals surface area contributed by atoms with Crippen molar-refractivity contribution in [3.05, 3.63) is 0 Å². The molecule has 106 valence electrons. The molecule has 0 amide bonds. The molecule has 1 unspecified atom stereocenters. The van der Waals surface area contributed by atoms with E-state index in [1.807, 2.05) is 18.8 Å². The van der Waals surface area contributed by atoms with Gasteiger partial charge in [0.1, 0.15) is 0 Å². The molecule has 0 aliphatic carbocycles. The van der Waals surface area contributed by atoms with E-state index in [-0.39, 0.29) is 0 Å². The minimum atomic E-state index is 0.362. The molecular formula is C12H21N5OS. The molecule has 1 aromatic heterocycles. The van der Waals surface area contributed by atoms with Crippen LogP contribution in [-0.2, 0) is 0 Å². The number of nitrogens with zero attached hydrogens (tertiary/aromatic N) is 4. The molecule has 2 rings (SSSR count). The molecule has 0 spiro atoms. The van der Waals surface area contributed by atoms with E-state index in [1.54, 1.807) is 7.11 Å². The molecule has 1 atom stereocenters. The topological polar surface area (TPSA) is 63.2 Å². The Morgan fingerprint density at radius 1 is 1.42 bits per heavy atom. The van der Waals surface area contributed by atoms with Crippen LogP contribution in [0, 0.1) is 0 Å². The van der Waals surface area contributed by atoms with Crippen molar-refractivity contribution in [2.75, 3.05) is 42.4 Å². The second-order valence-electron chi connectivity index (χ2n) is 4.50. The molecule has 0 bridgehead atoms. The van der Waals surface area contributed by atoms with Crippen LogP contribution in [0.4, 0.5) is 11.9 Å². The second kappa shape index (κ2) is 6.79. The lowest BCUT2D eigenvalue weighted by Crippen LogP contribution is -2.33. The quantitative estimate of drug-likeness (QED) is 0.851. The van der Waals surface area contributed by atoms with Crippen LogP contribution in [0.1, 0.15) is 19.8 Å². The summed E-state index contributed by atoms with van der Waals surface area (Å²) in [5.74, 6) is 3.60. The predicted molar refractivity (Wildman–Crippen MR) is 79.3 cm³/mol. The van der Waals surface area contributed by atoms with Gasteiger partial charge in [0, 0.05) is 25.4 Å². The van der Waals surface area contributed by atoms with Crippen LogP contribution >= 0.6 is 11.8 Å². The van der Waals surface area contributed by atoms with Crippen molar-refractivity contribution >= 4 is 23.7 Å². The predicted octanol–water partition coefficient (Wildman–Crippen LogP) is 1.64. The van der Waals surface area contributed by atoms with E-state index >= 15 is 0 Å². The number of aromatic nitrogens is 3. The van der Waals surface area contributed by atoms with Gasteiger partial charge in [0.25, 0.3) is 0 Å². The van der Waals surface area contributed by atoms with E-state index in [1.165, 1.54) is 12.2 Å². The van der Waals surface area contributed by atoms with Crippen LogP contribution in [0.25, 0.3) is 0 Å². The lowest BCUT2D eigenvalue weighted by atomic mass is 10.2. The Hall–Kier alpha value is -1.24. The normalized spacial score (nSPS) is 18.4. The van der Waals surface area contributed by atoms with Crippen molar-refractivity contribution in [1.82, 2.24) is 15.0 Å². The number of ether oxygens (including phenoxy) is 1. The van der Waals surface area contributed by atoms with Crippen LogP contribution in [0.15, 0.2) is 0 Å². The fraction of sp³-hybridized carbons (Fsp3) is 0.750. The highest BCUT2D eigenvalue weighted by Crippen LogP contribution is 2.25. The first-order valence-corrected chi connectivity index (χ1v) is 7.74. The standard InChI is InChI=1S/C12H21N5OS/c1-4-6-13-10-14-11(16-12(15-10)18-3)17(2)9-5-7-19-8-9/h9H,4-8H2,1-3H3,(H,13,14,15,16). The Morgan fingerprint density at radius 3 is 2.89 bits per heavy atom. The molecule has 1 N–H and O–H groups in total. The first-order chi connectivity index (χ1) is 9.24. The van der Waals surface area contributed by atoms with Gasteiger partial charge in [-0.25, -0.2) is 0 Å². The third-order valence-corrected chi connectivity index (χ3v) is 4.23. The second-order valence-corrected chi connectivity index (χ2v) is 5.65. The average molecular weight is 283 g/mol. The Balaban J connectivity index is 2.17.